The van der Waals surface area contributed by atoms with Gasteiger partial charge in [-0.05, 0) is 50.7 Å². The summed E-state index contributed by atoms with van der Waals surface area (Å²) in [5.74, 6) is -4.06. The van der Waals surface area contributed by atoms with Gasteiger partial charge in [-0.2, -0.15) is 0 Å². The van der Waals surface area contributed by atoms with Gasteiger partial charge in [0.2, 0.25) is 5.78 Å². The van der Waals surface area contributed by atoms with Gasteiger partial charge in [0.15, 0.2) is 23.7 Å². The number of hydrogen-bond acceptors (Lipinski definition) is 8. The Kier molecular flexibility index (Phi) is 7.93. The maximum atomic E-state index is 18.1. The lowest BCUT2D eigenvalue weighted by molar-refractivity contribution is -0.236. The Morgan fingerprint density at radius 1 is 1.00 bits per heavy atom. The third-order valence-corrected chi connectivity index (χ3v) is 10.3. The highest BCUT2D eigenvalue weighted by Gasteiger charge is 2.78. The van der Waals surface area contributed by atoms with Crippen molar-refractivity contribution in [2.24, 2.45) is 28.6 Å². The predicted octanol–water partition coefficient (Wildman–Crippen LogP) is 4.78. The van der Waals surface area contributed by atoms with E-state index in [0.717, 1.165) is 0 Å². The lowest BCUT2D eigenvalue weighted by Crippen LogP contribution is -2.70. The van der Waals surface area contributed by atoms with Crippen molar-refractivity contribution in [2.45, 2.75) is 104 Å². The van der Waals surface area contributed by atoms with Crippen molar-refractivity contribution in [1.29, 1.82) is 0 Å². The predicted molar refractivity (Wildman–Crippen MR) is 142 cm³/mol. The molecule has 0 aromatic rings. The van der Waals surface area contributed by atoms with Gasteiger partial charge < -0.3 is 14.2 Å². The van der Waals surface area contributed by atoms with Crippen molar-refractivity contribution in [3.8, 4) is 0 Å². The van der Waals surface area contributed by atoms with Crippen LogP contribution >= 0.6 is 0 Å². The van der Waals surface area contributed by atoms with E-state index in [2.05, 4.69) is 0 Å². The van der Waals surface area contributed by atoms with E-state index >= 15 is 4.39 Å². The van der Waals surface area contributed by atoms with Crippen molar-refractivity contribution >= 4 is 29.5 Å². The third kappa shape index (κ3) is 4.17. The summed E-state index contributed by atoms with van der Waals surface area (Å²) < 4.78 is 35.3. The van der Waals surface area contributed by atoms with E-state index in [1.165, 1.54) is 12.2 Å². The number of alkyl halides is 1. The molecular weight excluding hydrogens is 519 g/mol. The average molecular weight is 561 g/mol. The minimum atomic E-state index is -2.06. The van der Waals surface area contributed by atoms with Gasteiger partial charge in [0.05, 0.1) is 0 Å². The summed E-state index contributed by atoms with van der Waals surface area (Å²) >= 11 is 0. The molecule has 0 aromatic heterocycles. The molecule has 220 valence electrons. The Morgan fingerprint density at radius 2 is 1.65 bits per heavy atom. The molecule has 0 spiro atoms. The molecule has 0 radical (unpaired) electrons. The van der Waals surface area contributed by atoms with Gasteiger partial charge in [-0.25, -0.2) is 4.39 Å². The molecule has 4 aliphatic carbocycles. The summed E-state index contributed by atoms with van der Waals surface area (Å²) in [5, 5.41) is 0. The van der Waals surface area contributed by atoms with Crippen LogP contribution in [-0.4, -0.2) is 53.5 Å². The summed E-state index contributed by atoms with van der Waals surface area (Å²) in [5.41, 5.74) is -5.41. The summed E-state index contributed by atoms with van der Waals surface area (Å²) in [7, 11) is 0. The second kappa shape index (κ2) is 10.5. The van der Waals surface area contributed by atoms with E-state index in [1.807, 2.05) is 13.8 Å². The summed E-state index contributed by atoms with van der Waals surface area (Å²) in [6, 6.07) is 0. The highest BCUT2D eigenvalue weighted by atomic mass is 19.1. The van der Waals surface area contributed by atoms with E-state index in [-0.39, 0.29) is 31.5 Å². The minimum absolute atomic E-state index is 0.0209. The van der Waals surface area contributed by atoms with Gasteiger partial charge in [0.1, 0.15) is 6.10 Å². The van der Waals surface area contributed by atoms with E-state index in [9.17, 15) is 24.0 Å². The Hall–Kier alpha value is -2.84. The number of carbonyl (C=O) groups is 5. The maximum Gasteiger partial charge on any atom is 0.306 e. The summed E-state index contributed by atoms with van der Waals surface area (Å²) in [6.07, 6.45) is 4.49. The highest BCUT2D eigenvalue weighted by molar-refractivity contribution is 6.01. The van der Waals surface area contributed by atoms with Crippen LogP contribution < -0.4 is 0 Å². The Labute approximate surface area is 235 Å². The van der Waals surface area contributed by atoms with Crippen molar-refractivity contribution in [3.05, 3.63) is 23.8 Å². The highest BCUT2D eigenvalue weighted by Crippen LogP contribution is 2.72. The van der Waals surface area contributed by atoms with Crippen molar-refractivity contribution in [2.75, 3.05) is 6.61 Å². The molecule has 0 heterocycles. The van der Waals surface area contributed by atoms with Crippen molar-refractivity contribution in [3.63, 3.8) is 0 Å². The van der Waals surface area contributed by atoms with Crippen LogP contribution in [0, 0.1) is 28.6 Å². The molecule has 0 amide bonds. The number of fused-ring (bicyclic) bond motifs is 5. The van der Waals surface area contributed by atoms with Crippen molar-refractivity contribution in [1.82, 2.24) is 0 Å². The molecule has 0 saturated heterocycles. The van der Waals surface area contributed by atoms with E-state index < -0.39 is 76.3 Å². The second-order valence-corrected chi connectivity index (χ2v) is 12.2. The van der Waals surface area contributed by atoms with Crippen LogP contribution in [0.4, 0.5) is 4.39 Å². The molecule has 4 aliphatic rings. The normalized spacial score (nSPS) is 39.8. The number of rotatable bonds is 8. The number of esters is 3. The lowest BCUT2D eigenvalue weighted by atomic mass is 9.44. The molecule has 4 rings (SSSR count). The van der Waals surface area contributed by atoms with E-state index in [0.29, 0.717) is 24.8 Å². The SMILES string of the molecule is CCC(=O)OCC(=O)[C@@]1(OC(=O)CC)[C@H](C)CC2C3CCC4=CC(=O)C=C[C@]4(C)[C@@]3(F)C(OC(=O)CC)C[C@@]21C. The molecule has 0 bridgehead atoms. The Bertz CT molecular complexity index is 1170. The van der Waals surface area contributed by atoms with Gasteiger partial charge in [-0.1, -0.05) is 46.3 Å². The fourth-order valence-corrected chi connectivity index (χ4v) is 8.34. The van der Waals surface area contributed by atoms with Gasteiger partial charge in [-0.3, -0.25) is 24.0 Å². The topological polar surface area (TPSA) is 113 Å². The monoisotopic (exact) mass is 560 g/mol. The number of carbonyl (C=O) groups excluding carboxylic acids is 5. The van der Waals surface area contributed by atoms with Crippen LogP contribution in [0.25, 0.3) is 0 Å². The van der Waals surface area contributed by atoms with Gasteiger partial charge in [0.25, 0.3) is 0 Å². The molecule has 9 heteroatoms. The zero-order valence-electron chi connectivity index (χ0n) is 24.3. The zero-order valence-corrected chi connectivity index (χ0v) is 24.3. The average Bonchev–Trinajstić information content (AvgIpc) is 3.14. The Morgan fingerprint density at radius 3 is 2.27 bits per heavy atom. The van der Waals surface area contributed by atoms with Crippen LogP contribution in [0.5, 0.6) is 0 Å². The molecule has 40 heavy (non-hydrogen) atoms. The van der Waals surface area contributed by atoms with E-state index in [1.54, 1.807) is 33.8 Å². The molecule has 8 nitrogen and oxygen atoms in total. The first-order valence-electron chi connectivity index (χ1n) is 14.5. The largest absolute Gasteiger partial charge is 0.459 e. The number of ketones is 2. The molecule has 3 fully saturated rings. The standard InChI is InChI=1S/C31H41FO8/c1-7-25(35)38-17-23(34)31(40-27(37)9-3)18(4)14-22-21-11-10-19-15-20(33)12-13-28(19,5)30(21,32)24(16-29(22,31)6)39-26(36)8-2/h12-13,15,18,21-22,24H,7-11,14,16-17H2,1-6H3/t18-,21?,22?,24?,28+,29+,30+,31+/m1/s1. The lowest BCUT2D eigenvalue weighted by Gasteiger charge is -2.63. The zero-order chi connectivity index (χ0) is 29.7. The molecule has 0 aromatic carbocycles. The van der Waals surface area contributed by atoms with Crippen molar-refractivity contribution < 1.29 is 42.6 Å². The summed E-state index contributed by atoms with van der Waals surface area (Å²) in [6.45, 7) is 9.68. The maximum absolute atomic E-state index is 18.1. The van der Waals surface area contributed by atoms with Crippen LogP contribution in [0.3, 0.4) is 0 Å². The second-order valence-electron chi connectivity index (χ2n) is 12.2. The van der Waals surface area contributed by atoms with Crippen LogP contribution in [0.1, 0.15) is 86.5 Å². The summed E-state index contributed by atoms with van der Waals surface area (Å²) in [4.78, 5) is 63.8. The van der Waals surface area contributed by atoms with Crippen LogP contribution in [-0.2, 0) is 38.2 Å². The molecule has 8 atom stereocenters. The fourth-order valence-electron chi connectivity index (χ4n) is 8.34. The molecule has 3 unspecified atom stereocenters. The molecule has 3 saturated carbocycles. The molecule has 0 aliphatic heterocycles. The quantitative estimate of drug-likeness (QED) is 0.308. The number of Topliss-reactive ketones (excluding diaryl/α,β-unsaturated/α-hetero) is 1. The molecule has 0 N–H and O–H groups in total. The number of ether oxygens (including phenoxy) is 3. The van der Waals surface area contributed by atoms with Gasteiger partial charge in [0, 0.05) is 41.9 Å². The van der Waals surface area contributed by atoms with E-state index in [4.69, 9.17) is 14.2 Å². The van der Waals surface area contributed by atoms with Crippen LogP contribution in [0.2, 0.25) is 0 Å². The first kappa shape index (κ1) is 30.1. The smallest absolute Gasteiger partial charge is 0.306 e. The first-order valence-corrected chi connectivity index (χ1v) is 14.5. The number of halogens is 1. The third-order valence-electron chi connectivity index (χ3n) is 10.3. The van der Waals surface area contributed by atoms with Gasteiger partial charge in [-0.15, -0.1) is 0 Å². The fraction of sp³-hybridized carbons (Fsp3) is 0.710. The Balaban J connectivity index is 1.88. The number of allylic oxidation sites excluding steroid dienone is 4. The minimum Gasteiger partial charge on any atom is -0.459 e. The van der Waals surface area contributed by atoms with Gasteiger partial charge >= 0.3 is 17.9 Å². The molecular formula is C31H41FO8. The number of hydrogen-bond donors (Lipinski definition) is 0. The van der Waals surface area contributed by atoms with Crippen LogP contribution in [0.15, 0.2) is 23.8 Å². The first-order chi connectivity index (χ1) is 18.7.